The monoisotopic (exact) mass is 203 g/mol. The van der Waals surface area contributed by atoms with Gasteiger partial charge in [-0.05, 0) is 50.5 Å². The summed E-state index contributed by atoms with van der Waals surface area (Å²) in [5.74, 6) is 1.29. The molecular weight excluding hydrogens is 182 g/mol. The van der Waals surface area contributed by atoms with E-state index in [0.717, 1.165) is 6.54 Å². The van der Waals surface area contributed by atoms with Crippen LogP contribution in [0.2, 0.25) is 0 Å². The van der Waals surface area contributed by atoms with Crippen molar-refractivity contribution in [2.75, 3.05) is 6.54 Å². The first-order chi connectivity index (χ1) is 7.42. The third kappa shape index (κ3) is 2.60. The van der Waals surface area contributed by atoms with Crippen LogP contribution in [0.25, 0.3) is 0 Å². The summed E-state index contributed by atoms with van der Waals surface area (Å²) in [7, 11) is 0. The molecular formula is C14H21N. The minimum absolute atomic E-state index is 0.589. The fourth-order valence-corrected chi connectivity index (χ4v) is 2.71. The Balaban J connectivity index is 2.08. The highest BCUT2D eigenvalue weighted by Crippen LogP contribution is 2.32. The summed E-state index contributed by atoms with van der Waals surface area (Å²) in [6, 6.07) is 0. The van der Waals surface area contributed by atoms with Gasteiger partial charge in [0.1, 0.15) is 0 Å². The Labute approximate surface area is 92.7 Å². The minimum Gasteiger partial charge on any atom is -0.330 e. The molecule has 0 fully saturated rings. The smallest absolute Gasteiger partial charge is 0.000571 e. The Kier molecular flexibility index (Phi) is 3.79. The summed E-state index contributed by atoms with van der Waals surface area (Å²) < 4.78 is 0. The quantitative estimate of drug-likeness (QED) is 0.700. The number of nitrogens with two attached hydrogens (primary N) is 1. The van der Waals surface area contributed by atoms with Crippen LogP contribution in [0.1, 0.15) is 32.1 Å². The third-order valence-electron chi connectivity index (χ3n) is 3.58. The van der Waals surface area contributed by atoms with E-state index >= 15 is 0 Å². The molecule has 0 aromatic rings. The molecule has 0 amide bonds. The van der Waals surface area contributed by atoms with Crippen molar-refractivity contribution in [3.05, 3.63) is 36.0 Å². The van der Waals surface area contributed by atoms with E-state index in [-0.39, 0.29) is 0 Å². The topological polar surface area (TPSA) is 26.0 Å². The minimum atomic E-state index is 0.589. The lowest BCUT2D eigenvalue weighted by atomic mass is 9.78. The lowest BCUT2D eigenvalue weighted by Gasteiger charge is -2.28. The predicted octanol–water partition coefficient (Wildman–Crippen LogP) is 3.19. The maximum atomic E-state index is 5.94. The normalized spacial score (nSPS) is 27.5. The van der Waals surface area contributed by atoms with Crippen LogP contribution in [0, 0.1) is 11.8 Å². The molecule has 0 aromatic heterocycles. The molecule has 0 heterocycles. The number of hydrogen-bond acceptors (Lipinski definition) is 1. The molecule has 0 radical (unpaired) electrons. The van der Waals surface area contributed by atoms with Crippen molar-refractivity contribution >= 4 is 0 Å². The van der Waals surface area contributed by atoms with Crippen molar-refractivity contribution in [3.8, 4) is 0 Å². The van der Waals surface area contributed by atoms with Crippen LogP contribution in [-0.4, -0.2) is 6.54 Å². The Hall–Kier alpha value is -0.820. The Morgan fingerprint density at radius 2 is 2.27 bits per heavy atom. The van der Waals surface area contributed by atoms with E-state index in [4.69, 9.17) is 5.73 Å². The van der Waals surface area contributed by atoms with Gasteiger partial charge in [0.15, 0.2) is 0 Å². The van der Waals surface area contributed by atoms with Crippen molar-refractivity contribution in [1.29, 1.82) is 0 Å². The molecule has 2 rings (SSSR count). The lowest BCUT2D eigenvalue weighted by Crippen LogP contribution is -2.25. The molecule has 2 aliphatic carbocycles. The summed E-state index contributed by atoms with van der Waals surface area (Å²) in [5, 5.41) is 0. The van der Waals surface area contributed by atoms with Gasteiger partial charge in [-0.2, -0.15) is 0 Å². The average Bonchev–Trinajstić information content (AvgIpc) is 2.33. The standard InChI is InChI=1S/C14H21N/c15-11-14(12-7-3-1-4-8-12)13-9-5-2-6-10-13/h1,3,5,7,9,13-14H,2,4,6,8,10-11,15H2. The number of allylic oxidation sites excluding steroid dienone is 5. The van der Waals surface area contributed by atoms with Crippen LogP contribution in [0.15, 0.2) is 36.0 Å². The fraction of sp³-hybridized carbons (Fsp3) is 0.571. The highest BCUT2D eigenvalue weighted by atomic mass is 14.6. The molecule has 0 aliphatic heterocycles. The molecule has 0 saturated carbocycles. The highest BCUT2D eigenvalue weighted by molar-refractivity contribution is 5.22. The van der Waals surface area contributed by atoms with Crippen LogP contribution >= 0.6 is 0 Å². The van der Waals surface area contributed by atoms with E-state index in [2.05, 4.69) is 30.4 Å². The van der Waals surface area contributed by atoms with Gasteiger partial charge >= 0.3 is 0 Å². The molecule has 2 unspecified atom stereocenters. The van der Waals surface area contributed by atoms with E-state index in [1.165, 1.54) is 32.1 Å². The molecule has 0 bridgehead atoms. The van der Waals surface area contributed by atoms with Crippen LogP contribution in [0.3, 0.4) is 0 Å². The Morgan fingerprint density at radius 3 is 2.87 bits per heavy atom. The van der Waals surface area contributed by atoms with Gasteiger partial charge in [-0.25, -0.2) is 0 Å². The van der Waals surface area contributed by atoms with Crippen molar-refractivity contribution in [3.63, 3.8) is 0 Å². The van der Waals surface area contributed by atoms with Crippen LogP contribution < -0.4 is 5.73 Å². The molecule has 82 valence electrons. The highest BCUT2D eigenvalue weighted by Gasteiger charge is 2.22. The van der Waals surface area contributed by atoms with E-state index < -0.39 is 0 Å². The van der Waals surface area contributed by atoms with Gasteiger partial charge in [0.25, 0.3) is 0 Å². The maximum Gasteiger partial charge on any atom is -0.000571 e. The molecule has 2 aliphatic rings. The van der Waals surface area contributed by atoms with Crippen molar-refractivity contribution < 1.29 is 0 Å². The van der Waals surface area contributed by atoms with Gasteiger partial charge in [0, 0.05) is 0 Å². The Bertz CT molecular complexity index is 286. The van der Waals surface area contributed by atoms with Crippen LogP contribution in [0.4, 0.5) is 0 Å². The second-order valence-corrected chi connectivity index (χ2v) is 4.57. The summed E-state index contributed by atoms with van der Waals surface area (Å²) >= 11 is 0. The van der Waals surface area contributed by atoms with Gasteiger partial charge in [-0.15, -0.1) is 0 Å². The summed E-state index contributed by atoms with van der Waals surface area (Å²) in [6.45, 7) is 0.800. The molecule has 1 nitrogen and oxygen atoms in total. The molecule has 0 saturated heterocycles. The van der Waals surface area contributed by atoms with Gasteiger partial charge in [0.2, 0.25) is 0 Å². The molecule has 2 atom stereocenters. The van der Waals surface area contributed by atoms with Crippen molar-refractivity contribution in [1.82, 2.24) is 0 Å². The second kappa shape index (κ2) is 5.32. The lowest BCUT2D eigenvalue weighted by molar-refractivity contribution is 0.401. The average molecular weight is 203 g/mol. The van der Waals surface area contributed by atoms with Crippen LogP contribution in [-0.2, 0) is 0 Å². The van der Waals surface area contributed by atoms with Crippen molar-refractivity contribution in [2.45, 2.75) is 32.1 Å². The fourth-order valence-electron chi connectivity index (χ4n) is 2.71. The van der Waals surface area contributed by atoms with Gasteiger partial charge in [-0.1, -0.05) is 36.0 Å². The van der Waals surface area contributed by atoms with E-state index in [0.29, 0.717) is 11.8 Å². The molecule has 0 aromatic carbocycles. The zero-order valence-corrected chi connectivity index (χ0v) is 9.36. The number of rotatable bonds is 3. The third-order valence-corrected chi connectivity index (χ3v) is 3.58. The maximum absolute atomic E-state index is 5.94. The summed E-state index contributed by atoms with van der Waals surface area (Å²) in [6.07, 6.45) is 17.7. The largest absolute Gasteiger partial charge is 0.330 e. The molecule has 0 spiro atoms. The summed E-state index contributed by atoms with van der Waals surface area (Å²) in [4.78, 5) is 0. The van der Waals surface area contributed by atoms with E-state index in [1.807, 2.05) is 0 Å². The molecule has 1 heteroatoms. The number of hydrogen-bond donors (Lipinski definition) is 1. The van der Waals surface area contributed by atoms with E-state index in [9.17, 15) is 0 Å². The molecule has 15 heavy (non-hydrogen) atoms. The molecule has 2 N–H and O–H groups in total. The summed E-state index contributed by atoms with van der Waals surface area (Å²) in [5.41, 5.74) is 7.50. The van der Waals surface area contributed by atoms with E-state index in [1.54, 1.807) is 5.57 Å². The predicted molar refractivity (Wildman–Crippen MR) is 65.5 cm³/mol. The van der Waals surface area contributed by atoms with Gasteiger partial charge < -0.3 is 5.73 Å². The zero-order valence-electron chi connectivity index (χ0n) is 9.36. The first-order valence-corrected chi connectivity index (χ1v) is 6.14. The SMILES string of the molecule is NCC(C1=CC=CCC1)C1C=CCCC1. The van der Waals surface area contributed by atoms with Gasteiger partial charge in [0.05, 0.1) is 0 Å². The van der Waals surface area contributed by atoms with Crippen LogP contribution in [0.5, 0.6) is 0 Å². The first-order valence-electron chi connectivity index (χ1n) is 6.14. The van der Waals surface area contributed by atoms with Crippen molar-refractivity contribution in [2.24, 2.45) is 17.6 Å². The second-order valence-electron chi connectivity index (χ2n) is 4.57. The zero-order chi connectivity index (χ0) is 10.5. The Morgan fingerprint density at radius 1 is 1.33 bits per heavy atom. The van der Waals surface area contributed by atoms with Gasteiger partial charge in [-0.3, -0.25) is 0 Å². The first kappa shape index (κ1) is 10.7.